The Morgan fingerprint density at radius 2 is 1.83 bits per heavy atom. The smallest absolute Gasteiger partial charge is 0.256 e. The third kappa shape index (κ3) is 3.10. The van der Waals surface area contributed by atoms with Crippen molar-refractivity contribution in [2.45, 2.75) is 0 Å². The number of hydrogen-bond acceptors (Lipinski definition) is 3. The standard InChI is InChI=1S/C23H15FN4O/c24-19-13-18-21(6-5-14-7-9-25-10-8-14)27-28-22(18)12-15(19)11-17-16-3-1-2-4-20(16)26-23(17)29/h1-13H,(H,26,29)(H,27,28)/b6-5+,17-11?. The van der Waals surface area contributed by atoms with Crippen molar-refractivity contribution in [1.82, 2.24) is 15.2 Å². The van der Waals surface area contributed by atoms with E-state index in [1.807, 2.05) is 48.6 Å². The van der Waals surface area contributed by atoms with Crippen molar-refractivity contribution < 1.29 is 9.18 Å². The average Bonchev–Trinajstić information content (AvgIpc) is 3.27. The van der Waals surface area contributed by atoms with Gasteiger partial charge < -0.3 is 5.32 Å². The molecule has 0 spiro atoms. The highest BCUT2D eigenvalue weighted by molar-refractivity contribution is 6.35. The fourth-order valence-electron chi connectivity index (χ4n) is 3.40. The number of rotatable bonds is 3. The summed E-state index contributed by atoms with van der Waals surface area (Å²) in [6.07, 6.45) is 8.71. The normalized spacial score (nSPS) is 14.7. The number of fused-ring (bicyclic) bond motifs is 2. The van der Waals surface area contributed by atoms with Gasteiger partial charge in [0.15, 0.2) is 0 Å². The van der Waals surface area contributed by atoms with Gasteiger partial charge in [0.05, 0.1) is 11.2 Å². The number of halogens is 1. The summed E-state index contributed by atoms with van der Waals surface area (Å²) in [5.74, 6) is -0.654. The number of benzene rings is 2. The molecule has 5 rings (SSSR count). The van der Waals surface area contributed by atoms with Crippen LogP contribution in [0.2, 0.25) is 0 Å². The van der Waals surface area contributed by atoms with Gasteiger partial charge >= 0.3 is 0 Å². The third-order valence-electron chi connectivity index (χ3n) is 4.86. The molecular weight excluding hydrogens is 367 g/mol. The molecule has 1 amide bonds. The second kappa shape index (κ2) is 6.83. The lowest BCUT2D eigenvalue weighted by atomic mass is 10.0. The molecule has 3 heterocycles. The van der Waals surface area contributed by atoms with Gasteiger partial charge in [0.1, 0.15) is 5.82 Å². The van der Waals surface area contributed by atoms with Crippen molar-refractivity contribution in [1.29, 1.82) is 0 Å². The lowest BCUT2D eigenvalue weighted by Crippen LogP contribution is -2.03. The van der Waals surface area contributed by atoms with Crippen molar-refractivity contribution in [2.75, 3.05) is 5.32 Å². The Morgan fingerprint density at radius 3 is 2.69 bits per heavy atom. The molecule has 0 unspecified atom stereocenters. The van der Waals surface area contributed by atoms with Crippen molar-refractivity contribution in [3.63, 3.8) is 0 Å². The van der Waals surface area contributed by atoms with E-state index in [9.17, 15) is 9.18 Å². The maximum Gasteiger partial charge on any atom is 0.256 e. The fraction of sp³-hybridized carbons (Fsp3) is 0. The molecule has 2 N–H and O–H groups in total. The summed E-state index contributed by atoms with van der Waals surface area (Å²) in [6.45, 7) is 0. The molecule has 0 radical (unpaired) electrons. The SMILES string of the molecule is O=C1Nc2ccccc2C1=Cc1cc2[nH]nc(/C=C/c3ccncc3)c2cc1F. The highest BCUT2D eigenvalue weighted by Gasteiger charge is 2.24. The number of para-hydroxylation sites is 1. The van der Waals surface area contributed by atoms with Crippen LogP contribution in [0, 0.1) is 5.82 Å². The zero-order chi connectivity index (χ0) is 19.8. The van der Waals surface area contributed by atoms with Crippen molar-refractivity contribution in [2.24, 2.45) is 0 Å². The quantitative estimate of drug-likeness (QED) is 0.502. The van der Waals surface area contributed by atoms with Crippen LogP contribution < -0.4 is 5.32 Å². The zero-order valence-electron chi connectivity index (χ0n) is 15.2. The average molecular weight is 382 g/mol. The third-order valence-corrected chi connectivity index (χ3v) is 4.86. The molecule has 1 aliphatic heterocycles. The molecule has 2 aromatic heterocycles. The van der Waals surface area contributed by atoms with E-state index in [0.717, 1.165) is 16.8 Å². The first kappa shape index (κ1) is 17.1. The van der Waals surface area contributed by atoms with Crippen LogP contribution in [0.5, 0.6) is 0 Å². The topological polar surface area (TPSA) is 70.7 Å². The first-order valence-corrected chi connectivity index (χ1v) is 9.07. The molecule has 2 aromatic carbocycles. The number of anilines is 1. The molecule has 0 aliphatic carbocycles. The Balaban J connectivity index is 1.54. The molecule has 0 atom stereocenters. The van der Waals surface area contributed by atoms with Gasteiger partial charge in [-0.1, -0.05) is 24.3 Å². The Morgan fingerprint density at radius 1 is 1.00 bits per heavy atom. The lowest BCUT2D eigenvalue weighted by Gasteiger charge is -2.01. The van der Waals surface area contributed by atoms with E-state index < -0.39 is 5.82 Å². The highest BCUT2D eigenvalue weighted by Crippen LogP contribution is 2.33. The number of aromatic amines is 1. The number of pyridine rings is 1. The molecule has 6 heteroatoms. The second-order valence-electron chi connectivity index (χ2n) is 6.70. The number of hydrogen-bond donors (Lipinski definition) is 2. The van der Waals surface area contributed by atoms with Crippen LogP contribution in [0.4, 0.5) is 10.1 Å². The summed E-state index contributed by atoms with van der Waals surface area (Å²) in [4.78, 5) is 16.3. The zero-order valence-corrected chi connectivity index (χ0v) is 15.2. The first-order valence-electron chi connectivity index (χ1n) is 9.07. The van der Waals surface area contributed by atoms with Crippen LogP contribution in [0.25, 0.3) is 34.7 Å². The number of aromatic nitrogens is 3. The van der Waals surface area contributed by atoms with E-state index in [2.05, 4.69) is 20.5 Å². The van der Waals surface area contributed by atoms with Gasteiger partial charge in [-0.15, -0.1) is 0 Å². The van der Waals surface area contributed by atoms with Crippen LogP contribution in [-0.2, 0) is 4.79 Å². The van der Waals surface area contributed by atoms with Gasteiger partial charge in [-0.25, -0.2) is 4.39 Å². The van der Waals surface area contributed by atoms with E-state index in [4.69, 9.17) is 0 Å². The van der Waals surface area contributed by atoms with Crippen molar-refractivity contribution in [3.8, 4) is 0 Å². The molecule has 1 aliphatic rings. The predicted molar refractivity (Wildman–Crippen MR) is 112 cm³/mol. The van der Waals surface area contributed by atoms with E-state index >= 15 is 0 Å². The minimum Gasteiger partial charge on any atom is -0.321 e. The first-order chi connectivity index (χ1) is 14.2. The van der Waals surface area contributed by atoms with Gasteiger partial charge in [0.25, 0.3) is 5.91 Å². The number of carbonyl (C=O) groups is 1. The predicted octanol–water partition coefficient (Wildman–Crippen LogP) is 4.76. The van der Waals surface area contributed by atoms with Crippen LogP contribution in [0.15, 0.2) is 60.9 Å². The van der Waals surface area contributed by atoms with Crippen molar-refractivity contribution >= 4 is 46.3 Å². The van der Waals surface area contributed by atoms with Crippen molar-refractivity contribution in [3.05, 3.63) is 89.1 Å². The maximum atomic E-state index is 14.8. The molecule has 29 heavy (non-hydrogen) atoms. The molecule has 0 saturated heterocycles. The number of nitrogens with one attached hydrogen (secondary N) is 2. The van der Waals surface area contributed by atoms with Gasteiger partial charge in [-0.05, 0) is 48.0 Å². The van der Waals surface area contributed by atoms with Crippen LogP contribution in [-0.4, -0.2) is 21.1 Å². The van der Waals surface area contributed by atoms with Crippen LogP contribution >= 0.6 is 0 Å². The minimum atomic E-state index is -0.415. The summed E-state index contributed by atoms with van der Waals surface area (Å²) in [6, 6.07) is 14.2. The molecule has 140 valence electrons. The monoisotopic (exact) mass is 382 g/mol. The number of H-pyrrole nitrogens is 1. The molecule has 0 saturated carbocycles. The van der Waals surface area contributed by atoms with E-state index in [-0.39, 0.29) is 5.91 Å². The van der Waals surface area contributed by atoms with E-state index in [0.29, 0.717) is 27.7 Å². The van der Waals surface area contributed by atoms with Crippen LogP contribution in [0.1, 0.15) is 22.4 Å². The number of amides is 1. The maximum absolute atomic E-state index is 14.8. The van der Waals surface area contributed by atoms with Gasteiger partial charge in [0, 0.05) is 40.2 Å². The largest absolute Gasteiger partial charge is 0.321 e. The second-order valence-corrected chi connectivity index (χ2v) is 6.70. The Hall–Kier alpha value is -4.06. The molecule has 0 fully saturated rings. The van der Waals surface area contributed by atoms with Gasteiger partial charge in [-0.2, -0.15) is 5.10 Å². The summed E-state index contributed by atoms with van der Waals surface area (Å²) in [5, 5.41) is 10.7. The molecule has 0 bridgehead atoms. The Kier molecular flexibility index (Phi) is 4.02. The number of carbonyl (C=O) groups excluding carboxylic acids is 1. The highest BCUT2D eigenvalue weighted by atomic mass is 19.1. The summed E-state index contributed by atoms with van der Waals surface area (Å²) < 4.78 is 14.8. The molecule has 4 aromatic rings. The lowest BCUT2D eigenvalue weighted by molar-refractivity contribution is -0.110. The van der Waals surface area contributed by atoms with E-state index in [1.54, 1.807) is 24.5 Å². The number of nitrogens with zero attached hydrogens (tertiary/aromatic N) is 2. The molecule has 5 nitrogen and oxygen atoms in total. The Bertz CT molecular complexity index is 1310. The summed E-state index contributed by atoms with van der Waals surface area (Å²) in [7, 11) is 0. The summed E-state index contributed by atoms with van der Waals surface area (Å²) >= 11 is 0. The fourth-order valence-corrected chi connectivity index (χ4v) is 3.40. The van der Waals surface area contributed by atoms with Crippen LogP contribution in [0.3, 0.4) is 0 Å². The minimum absolute atomic E-state index is 0.240. The van der Waals surface area contributed by atoms with E-state index in [1.165, 1.54) is 6.07 Å². The van der Waals surface area contributed by atoms with Gasteiger partial charge in [0.2, 0.25) is 0 Å². The molecular formula is C23H15FN4O. The Labute approximate surface area is 165 Å². The van der Waals surface area contributed by atoms with Gasteiger partial charge in [-0.3, -0.25) is 14.9 Å². The summed E-state index contributed by atoms with van der Waals surface area (Å²) in [5.41, 5.74) is 4.57.